The van der Waals surface area contributed by atoms with Crippen molar-refractivity contribution in [3.63, 3.8) is 0 Å². The van der Waals surface area contributed by atoms with E-state index in [9.17, 15) is 9.59 Å². The third kappa shape index (κ3) is 3.52. The zero-order chi connectivity index (χ0) is 15.4. The number of amides is 2. The van der Waals surface area contributed by atoms with Crippen molar-refractivity contribution < 1.29 is 14.7 Å². The Bertz CT molecular complexity index is 688. The fourth-order valence-corrected chi connectivity index (χ4v) is 2.53. The molecule has 0 bridgehead atoms. The summed E-state index contributed by atoms with van der Waals surface area (Å²) in [5.41, 5.74) is 0.655. The second kappa shape index (κ2) is 6.58. The van der Waals surface area contributed by atoms with Crippen molar-refractivity contribution in [1.82, 2.24) is 4.90 Å². The third-order valence-corrected chi connectivity index (χ3v) is 3.80. The summed E-state index contributed by atoms with van der Waals surface area (Å²) in [5, 5.41) is 13.5. The number of benzene rings is 2. The van der Waals surface area contributed by atoms with Crippen molar-refractivity contribution in [3.05, 3.63) is 40.9 Å². The Morgan fingerprint density at radius 3 is 2.48 bits per heavy atom. The maximum atomic E-state index is 12.1. The first-order valence-corrected chi connectivity index (χ1v) is 7.27. The summed E-state index contributed by atoms with van der Waals surface area (Å²) in [4.78, 5) is 24.1. The van der Waals surface area contributed by atoms with Crippen molar-refractivity contribution in [2.24, 2.45) is 0 Å². The number of fused-ring (bicyclic) bond motifs is 1. The quantitative estimate of drug-likeness (QED) is 0.885. The highest BCUT2D eigenvalue weighted by Gasteiger charge is 2.16. The van der Waals surface area contributed by atoms with Crippen LogP contribution in [0, 0.1) is 0 Å². The van der Waals surface area contributed by atoms with Crippen LogP contribution in [0.1, 0.15) is 6.92 Å². The molecule has 0 radical (unpaired) electrons. The Balaban J connectivity index is 2.29. The Hall–Kier alpha value is -2.08. The van der Waals surface area contributed by atoms with Crippen LogP contribution in [0.15, 0.2) is 40.9 Å². The van der Waals surface area contributed by atoms with Crippen LogP contribution < -0.4 is 5.32 Å². The first kappa shape index (κ1) is 15.3. The van der Waals surface area contributed by atoms with E-state index in [0.29, 0.717) is 12.2 Å². The summed E-state index contributed by atoms with van der Waals surface area (Å²) in [7, 11) is 0. The van der Waals surface area contributed by atoms with Crippen LogP contribution in [0.4, 0.5) is 10.5 Å². The van der Waals surface area contributed by atoms with Crippen molar-refractivity contribution in [2.45, 2.75) is 6.92 Å². The monoisotopic (exact) mass is 350 g/mol. The molecule has 5 nitrogen and oxygen atoms in total. The van der Waals surface area contributed by atoms with Crippen LogP contribution in [0.2, 0.25) is 0 Å². The smallest absolute Gasteiger partial charge is 0.323 e. The summed E-state index contributed by atoms with van der Waals surface area (Å²) in [6, 6.07) is 10.9. The van der Waals surface area contributed by atoms with Gasteiger partial charge in [-0.2, -0.15) is 0 Å². The predicted molar refractivity (Wildman–Crippen MR) is 85.5 cm³/mol. The minimum atomic E-state index is -1.03. The maximum absolute atomic E-state index is 12.1. The van der Waals surface area contributed by atoms with Gasteiger partial charge in [0.15, 0.2) is 0 Å². The molecule has 0 spiro atoms. The van der Waals surface area contributed by atoms with Gasteiger partial charge in [-0.3, -0.25) is 4.79 Å². The molecule has 2 rings (SSSR count). The topological polar surface area (TPSA) is 69.6 Å². The highest BCUT2D eigenvalue weighted by Crippen LogP contribution is 2.30. The molecule has 2 aromatic rings. The number of hydrogen-bond acceptors (Lipinski definition) is 2. The fourth-order valence-electron chi connectivity index (χ4n) is 2.06. The molecule has 0 aliphatic heterocycles. The van der Waals surface area contributed by atoms with Gasteiger partial charge in [0.05, 0.1) is 5.69 Å². The first-order valence-electron chi connectivity index (χ1n) is 6.48. The molecule has 0 heterocycles. The van der Waals surface area contributed by atoms with E-state index in [1.165, 1.54) is 4.90 Å². The van der Waals surface area contributed by atoms with Crippen molar-refractivity contribution in [2.75, 3.05) is 18.4 Å². The van der Waals surface area contributed by atoms with E-state index in [2.05, 4.69) is 21.2 Å². The van der Waals surface area contributed by atoms with Crippen LogP contribution in [0.5, 0.6) is 0 Å². The third-order valence-electron chi connectivity index (χ3n) is 3.11. The molecule has 0 aromatic heterocycles. The molecule has 110 valence electrons. The van der Waals surface area contributed by atoms with E-state index in [0.717, 1.165) is 15.2 Å². The standard InChI is InChI=1S/C15H15BrN2O3/c1-2-18(9-14(19)20)15(21)17-13-8-7-12(16)10-5-3-4-6-11(10)13/h3-8H,2,9H2,1H3,(H,17,21)(H,19,20). The summed E-state index contributed by atoms with van der Waals surface area (Å²) in [6.07, 6.45) is 0. The molecule has 0 atom stereocenters. The van der Waals surface area contributed by atoms with Gasteiger partial charge in [-0.25, -0.2) is 4.79 Å². The van der Waals surface area contributed by atoms with Crippen molar-refractivity contribution >= 4 is 44.4 Å². The summed E-state index contributed by atoms with van der Waals surface area (Å²) in [6.45, 7) is 1.74. The number of carboxylic acids is 1. The second-order valence-electron chi connectivity index (χ2n) is 4.48. The Labute approximate surface area is 130 Å². The first-order chi connectivity index (χ1) is 10.0. The Morgan fingerprint density at radius 2 is 1.86 bits per heavy atom. The molecule has 0 aliphatic carbocycles. The van der Waals surface area contributed by atoms with E-state index in [1.807, 2.05) is 30.3 Å². The van der Waals surface area contributed by atoms with Gasteiger partial charge >= 0.3 is 12.0 Å². The second-order valence-corrected chi connectivity index (χ2v) is 5.33. The molecule has 2 aromatic carbocycles. The van der Waals surface area contributed by atoms with E-state index >= 15 is 0 Å². The van der Waals surface area contributed by atoms with Crippen LogP contribution in [-0.2, 0) is 4.79 Å². The molecule has 6 heteroatoms. The number of anilines is 1. The number of carbonyl (C=O) groups excluding carboxylic acids is 1. The minimum Gasteiger partial charge on any atom is -0.480 e. The van der Waals surface area contributed by atoms with Gasteiger partial charge in [-0.15, -0.1) is 0 Å². The summed E-state index contributed by atoms with van der Waals surface area (Å²) >= 11 is 3.47. The zero-order valence-corrected chi connectivity index (χ0v) is 13.1. The molecular formula is C15H15BrN2O3. The lowest BCUT2D eigenvalue weighted by Crippen LogP contribution is -2.38. The maximum Gasteiger partial charge on any atom is 0.323 e. The molecule has 0 aliphatic rings. The Morgan fingerprint density at radius 1 is 1.19 bits per heavy atom. The molecule has 2 N–H and O–H groups in total. The van der Waals surface area contributed by atoms with Gasteiger partial charge in [0, 0.05) is 16.4 Å². The van der Waals surface area contributed by atoms with Crippen LogP contribution >= 0.6 is 15.9 Å². The number of nitrogens with zero attached hydrogens (tertiary/aromatic N) is 1. The molecule has 0 fully saturated rings. The number of carboxylic acid groups (broad SMARTS) is 1. The minimum absolute atomic E-state index is 0.323. The van der Waals surface area contributed by atoms with Crippen LogP contribution in [0.25, 0.3) is 10.8 Å². The zero-order valence-electron chi connectivity index (χ0n) is 11.5. The van der Waals surface area contributed by atoms with E-state index in [4.69, 9.17) is 5.11 Å². The van der Waals surface area contributed by atoms with Gasteiger partial charge in [-0.1, -0.05) is 40.2 Å². The lowest BCUT2D eigenvalue weighted by atomic mass is 10.1. The molecular weight excluding hydrogens is 336 g/mol. The number of halogens is 1. The average molecular weight is 351 g/mol. The van der Waals surface area contributed by atoms with Crippen molar-refractivity contribution in [3.8, 4) is 0 Å². The van der Waals surface area contributed by atoms with E-state index in [1.54, 1.807) is 13.0 Å². The highest BCUT2D eigenvalue weighted by molar-refractivity contribution is 9.10. The van der Waals surface area contributed by atoms with Gasteiger partial charge in [0.2, 0.25) is 0 Å². The van der Waals surface area contributed by atoms with E-state index < -0.39 is 12.0 Å². The van der Waals surface area contributed by atoms with Gasteiger partial charge in [0.1, 0.15) is 6.54 Å². The van der Waals surface area contributed by atoms with Crippen LogP contribution in [0.3, 0.4) is 0 Å². The highest BCUT2D eigenvalue weighted by atomic mass is 79.9. The number of hydrogen-bond donors (Lipinski definition) is 2. The largest absolute Gasteiger partial charge is 0.480 e. The number of nitrogens with one attached hydrogen (secondary N) is 1. The number of urea groups is 1. The lowest BCUT2D eigenvalue weighted by Gasteiger charge is -2.20. The summed E-state index contributed by atoms with van der Waals surface area (Å²) in [5.74, 6) is -1.03. The van der Waals surface area contributed by atoms with Gasteiger partial charge in [-0.05, 0) is 24.4 Å². The number of aliphatic carboxylic acids is 1. The normalized spacial score (nSPS) is 10.4. The molecule has 0 saturated heterocycles. The number of likely N-dealkylation sites (N-methyl/N-ethyl adjacent to an activating group) is 1. The van der Waals surface area contributed by atoms with Gasteiger partial charge < -0.3 is 15.3 Å². The summed E-state index contributed by atoms with van der Waals surface area (Å²) < 4.78 is 0.939. The Kier molecular flexibility index (Phi) is 4.80. The van der Waals surface area contributed by atoms with Crippen molar-refractivity contribution in [1.29, 1.82) is 0 Å². The van der Waals surface area contributed by atoms with Crippen LogP contribution in [-0.4, -0.2) is 35.1 Å². The fraction of sp³-hybridized carbons (Fsp3) is 0.200. The molecule has 0 unspecified atom stereocenters. The molecule has 21 heavy (non-hydrogen) atoms. The SMILES string of the molecule is CCN(CC(=O)O)C(=O)Nc1ccc(Br)c2ccccc12. The molecule has 0 saturated carbocycles. The predicted octanol–water partition coefficient (Wildman–Crippen LogP) is 3.54. The van der Waals surface area contributed by atoms with E-state index in [-0.39, 0.29) is 6.54 Å². The number of rotatable bonds is 4. The van der Waals surface area contributed by atoms with Gasteiger partial charge in [0.25, 0.3) is 0 Å². The lowest BCUT2D eigenvalue weighted by molar-refractivity contribution is -0.137. The average Bonchev–Trinajstić information content (AvgIpc) is 2.47. The number of carbonyl (C=O) groups is 2. The molecule has 2 amide bonds.